The monoisotopic (exact) mass is 270 g/mol. The summed E-state index contributed by atoms with van der Waals surface area (Å²) in [4.78, 5) is 18.3. The fourth-order valence-corrected chi connectivity index (χ4v) is 2.16. The molecule has 1 heterocycles. The minimum atomic E-state index is -1.30. The van der Waals surface area contributed by atoms with Gasteiger partial charge < -0.3 is 10.1 Å². The fraction of sp³-hybridized carbons (Fsp3) is 0.0667. The number of halogens is 1. The first-order valence-corrected chi connectivity index (χ1v) is 6.05. The molecule has 0 amide bonds. The number of carboxylic acids is 1. The molecule has 0 radical (unpaired) electrons. The molecule has 0 atom stereocenters. The van der Waals surface area contributed by atoms with E-state index in [1.807, 2.05) is 31.2 Å². The summed E-state index contributed by atoms with van der Waals surface area (Å²) in [6, 6.07) is 10.1. The van der Waals surface area contributed by atoms with Crippen molar-refractivity contribution in [1.29, 1.82) is 0 Å². The second-order valence-corrected chi connectivity index (χ2v) is 4.55. The second kappa shape index (κ2) is 4.45. The van der Waals surface area contributed by atoms with E-state index in [0.29, 0.717) is 16.9 Å². The number of carboxylic acid groups (broad SMARTS) is 1. The molecule has 3 aromatic rings. The van der Waals surface area contributed by atoms with Gasteiger partial charge in [0.15, 0.2) is 0 Å². The summed E-state index contributed by atoms with van der Waals surface area (Å²) in [6.07, 6.45) is 0. The zero-order valence-corrected chi connectivity index (χ0v) is 10.6. The molecule has 2 aromatic carbocycles. The molecular weight excluding hydrogens is 259 g/mol. The molecule has 0 spiro atoms. The number of H-pyrrole nitrogens is 1. The number of benzene rings is 2. The van der Waals surface area contributed by atoms with Crippen molar-refractivity contribution in [2.75, 3.05) is 0 Å². The number of hydrogen-bond donors (Lipinski definition) is 2. The summed E-state index contributed by atoms with van der Waals surface area (Å²) in [5, 5.41) is 8.92. The molecule has 0 aliphatic heterocycles. The van der Waals surface area contributed by atoms with E-state index in [9.17, 15) is 9.18 Å². The minimum Gasteiger partial charge on any atom is -0.478 e. The van der Waals surface area contributed by atoms with Crippen LogP contribution in [0.25, 0.3) is 22.4 Å². The molecule has 4 nitrogen and oxygen atoms in total. The first kappa shape index (κ1) is 12.3. The highest BCUT2D eigenvalue weighted by atomic mass is 19.1. The molecule has 100 valence electrons. The maximum atomic E-state index is 13.6. The van der Waals surface area contributed by atoms with Crippen molar-refractivity contribution in [3.8, 4) is 11.4 Å². The van der Waals surface area contributed by atoms with Gasteiger partial charge >= 0.3 is 5.97 Å². The SMILES string of the molecule is Cc1ccccc1-c1nc2cc(C(=O)O)c(F)cc2[nH]1. The second-order valence-electron chi connectivity index (χ2n) is 4.55. The van der Waals surface area contributed by atoms with Crippen LogP contribution in [0, 0.1) is 12.7 Å². The molecule has 1 aromatic heterocycles. The molecule has 20 heavy (non-hydrogen) atoms. The van der Waals surface area contributed by atoms with Crippen LogP contribution in [0.15, 0.2) is 36.4 Å². The average molecular weight is 270 g/mol. The molecular formula is C15H11FN2O2. The molecule has 5 heteroatoms. The molecule has 0 unspecified atom stereocenters. The van der Waals surface area contributed by atoms with Crippen molar-refractivity contribution >= 4 is 17.0 Å². The smallest absolute Gasteiger partial charge is 0.338 e. The highest BCUT2D eigenvalue weighted by Crippen LogP contribution is 2.25. The first-order valence-electron chi connectivity index (χ1n) is 6.05. The first-order chi connectivity index (χ1) is 9.56. The van der Waals surface area contributed by atoms with Crippen molar-refractivity contribution < 1.29 is 14.3 Å². The summed E-state index contributed by atoms with van der Waals surface area (Å²) < 4.78 is 13.6. The summed E-state index contributed by atoms with van der Waals surface area (Å²) >= 11 is 0. The van der Waals surface area contributed by atoms with Gasteiger partial charge in [-0.25, -0.2) is 14.2 Å². The van der Waals surface area contributed by atoms with Crippen LogP contribution in [0.4, 0.5) is 4.39 Å². The third-order valence-corrected chi connectivity index (χ3v) is 3.20. The van der Waals surface area contributed by atoms with E-state index < -0.39 is 11.8 Å². The number of aromatic nitrogens is 2. The maximum absolute atomic E-state index is 13.6. The van der Waals surface area contributed by atoms with Crippen LogP contribution >= 0.6 is 0 Å². The molecule has 0 fully saturated rings. The van der Waals surface area contributed by atoms with Crippen molar-refractivity contribution in [3.63, 3.8) is 0 Å². The summed E-state index contributed by atoms with van der Waals surface area (Å²) in [5.41, 5.74) is 2.47. The normalized spacial score (nSPS) is 10.9. The molecule has 0 aliphatic rings. The van der Waals surface area contributed by atoms with Gasteiger partial charge in [0.2, 0.25) is 0 Å². The van der Waals surface area contributed by atoms with Crippen LogP contribution in [-0.2, 0) is 0 Å². The highest BCUT2D eigenvalue weighted by Gasteiger charge is 2.15. The predicted molar refractivity (Wildman–Crippen MR) is 73.2 cm³/mol. The van der Waals surface area contributed by atoms with E-state index in [-0.39, 0.29) is 5.56 Å². The van der Waals surface area contributed by atoms with Crippen LogP contribution in [0.2, 0.25) is 0 Å². The van der Waals surface area contributed by atoms with Gasteiger partial charge in [-0.05, 0) is 18.6 Å². The Labute approximate surface area is 113 Å². The number of carbonyl (C=O) groups is 1. The van der Waals surface area contributed by atoms with Crippen molar-refractivity contribution in [3.05, 3.63) is 53.3 Å². The molecule has 0 aliphatic carbocycles. The minimum absolute atomic E-state index is 0.375. The number of aryl methyl sites for hydroxylation is 1. The van der Waals surface area contributed by atoms with E-state index in [0.717, 1.165) is 17.2 Å². The average Bonchev–Trinajstić information content (AvgIpc) is 2.80. The Morgan fingerprint density at radius 2 is 2.05 bits per heavy atom. The van der Waals surface area contributed by atoms with Crippen LogP contribution in [0.1, 0.15) is 15.9 Å². The number of fused-ring (bicyclic) bond motifs is 1. The van der Waals surface area contributed by atoms with Crippen molar-refractivity contribution in [2.45, 2.75) is 6.92 Å². The highest BCUT2D eigenvalue weighted by molar-refractivity contribution is 5.93. The van der Waals surface area contributed by atoms with E-state index in [1.165, 1.54) is 6.07 Å². The number of rotatable bonds is 2. The summed E-state index contributed by atoms with van der Waals surface area (Å²) in [5.74, 6) is -1.48. The third kappa shape index (κ3) is 1.93. The van der Waals surface area contributed by atoms with E-state index >= 15 is 0 Å². The molecule has 0 saturated carbocycles. The molecule has 3 rings (SSSR count). The Morgan fingerprint density at radius 1 is 1.30 bits per heavy atom. The number of nitrogens with zero attached hydrogens (tertiary/aromatic N) is 1. The van der Waals surface area contributed by atoms with Crippen molar-refractivity contribution in [1.82, 2.24) is 9.97 Å². The van der Waals surface area contributed by atoms with Gasteiger partial charge in [0, 0.05) is 11.6 Å². The lowest BCUT2D eigenvalue weighted by Crippen LogP contribution is -1.99. The maximum Gasteiger partial charge on any atom is 0.338 e. The number of hydrogen-bond acceptors (Lipinski definition) is 2. The molecule has 0 bridgehead atoms. The topological polar surface area (TPSA) is 66.0 Å². The van der Waals surface area contributed by atoms with E-state index in [4.69, 9.17) is 5.11 Å². The summed E-state index contributed by atoms with van der Waals surface area (Å²) in [6.45, 7) is 1.95. The van der Waals surface area contributed by atoms with Crippen LogP contribution in [-0.4, -0.2) is 21.0 Å². The predicted octanol–water partition coefficient (Wildman–Crippen LogP) is 3.38. The van der Waals surface area contributed by atoms with Gasteiger partial charge in [0.25, 0.3) is 0 Å². The molecule has 2 N–H and O–H groups in total. The van der Waals surface area contributed by atoms with Gasteiger partial charge in [-0.1, -0.05) is 24.3 Å². The molecule has 0 saturated heterocycles. The zero-order valence-electron chi connectivity index (χ0n) is 10.6. The lowest BCUT2D eigenvalue weighted by atomic mass is 10.1. The fourth-order valence-electron chi connectivity index (χ4n) is 2.16. The Hall–Kier alpha value is -2.69. The van der Waals surface area contributed by atoms with Crippen LogP contribution in [0.3, 0.4) is 0 Å². The lowest BCUT2D eigenvalue weighted by Gasteiger charge is -2.00. The number of imidazole rings is 1. The lowest BCUT2D eigenvalue weighted by molar-refractivity contribution is 0.0692. The Balaban J connectivity index is 2.21. The third-order valence-electron chi connectivity index (χ3n) is 3.20. The zero-order chi connectivity index (χ0) is 14.3. The number of aromatic carboxylic acids is 1. The Bertz CT molecular complexity index is 824. The Kier molecular flexibility index (Phi) is 2.75. The van der Waals surface area contributed by atoms with Gasteiger partial charge in [-0.15, -0.1) is 0 Å². The van der Waals surface area contributed by atoms with Crippen LogP contribution in [0.5, 0.6) is 0 Å². The van der Waals surface area contributed by atoms with Crippen molar-refractivity contribution in [2.24, 2.45) is 0 Å². The standard InChI is InChI=1S/C15H11FN2O2/c1-8-4-2-3-5-9(8)14-17-12-6-10(15(19)20)11(16)7-13(12)18-14/h2-7H,1H3,(H,17,18)(H,19,20). The van der Waals surface area contributed by atoms with E-state index in [2.05, 4.69) is 9.97 Å². The number of nitrogens with one attached hydrogen (secondary N) is 1. The Morgan fingerprint density at radius 3 is 2.75 bits per heavy atom. The largest absolute Gasteiger partial charge is 0.478 e. The van der Waals surface area contributed by atoms with Gasteiger partial charge in [-0.2, -0.15) is 0 Å². The van der Waals surface area contributed by atoms with Gasteiger partial charge in [0.05, 0.1) is 16.6 Å². The van der Waals surface area contributed by atoms with Gasteiger partial charge in [-0.3, -0.25) is 0 Å². The summed E-state index contributed by atoms with van der Waals surface area (Å²) in [7, 11) is 0. The quantitative estimate of drug-likeness (QED) is 0.750. The van der Waals surface area contributed by atoms with Crippen LogP contribution < -0.4 is 0 Å². The number of aromatic amines is 1. The van der Waals surface area contributed by atoms with E-state index in [1.54, 1.807) is 0 Å². The van der Waals surface area contributed by atoms with Gasteiger partial charge in [0.1, 0.15) is 11.6 Å².